The van der Waals surface area contributed by atoms with Crippen molar-refractivity contribution in [2.24, 2.45) is 0 Å². The van der Waals surface area contributed by atoms with Crippen molar-refractivity contribution in [3.63, 3.8) is 0 Å². The Morgan fingerprint density at radius 2 is 2.11 bits per heavy atom. The molecule has 0 spiro atoms. The molecule has 98 valence electrons. The summed E-state index contributed by atoms with van der Waals surface area (Å²) in [6, 6.07) is 6.91. The molecule has 0 atom stereocenters. The molecule has 0 saturated heterocycles. The van der Waals surface area contributed by atoms with Gasteiger partial charge in [0.25, 0.3) is 5.91 Å². The number of carbonyl (C=O) groups excluding carboxylic acids is 1. The molecule has 0 aliphatic carbocycles. The number of hydrogen-bond acceptors (Lipinski definition) is 4. The van der Waals surface area contributed by atoms with Gasteiger partial charge in [0.1, 0.15) is 5.82 Å². The third-order valence-electron chi connectivity index (χ3n) is 2.37. The van der Waals surface area contributed by atoms with Crippen molar-refractivity contribution in [3.05, 3.63) is 56.7 Å². The molecule has 0 bridgehead atoms. The van der Waals surface area contributed by atoms with Crippen LogP contribution in [0.15, 0.2) is 30.3 Å². The summed E-state index contributed by atoms with van der Waals surface area (Å²) in [4.78, 5) is 21.9. The van der Waals surface area contributed by atoms with E-state index in [0.29, 0.717) is 0 Å². The molecule has 0 unspecified atom stereocenters. The first-order valence-corrected chi connectivity index (χ1v) is 6.11. The lowest BCUT2D eigenvalue weighted by Gasteiger charge is -2.05. The number of amides is 1. The highest BCUT2D eigenvalue weighted by molar-refractivity contribution is 7.17. The molecular formula is C12H9FN2O3S. The third kappa shape index (κ3) is 2.94. The van der Waals surface area contributed by atoms with Gasteiger partial charge in [-0.1, -0.05) is 17.4 Å². The lowest BCUT2D eigenvalue weighted by Crippen LogP contribution is -2.11. The van der Waals surface area contributed by atoms with E-state index >= 15 is 0 Å². The smallest absolute Gasteiger partial charge is 0.319 e. The van der Waals surface area contributed by atoms with Crippen LogP contribution in [-0.2, 0) is 0 Å². The Labute approximate surface area is 111 Å². The van der Waals surface area contributed by atoms with Gasteiger partial charge in [-0.2, -0.15) is 0 Å². The SMILES string of the molecule is Cc1ccc(F)c(NC(=O)c2ccc([N+](=O)[O-])s2)c1. The zero-order chi connectivity index (χ0) is 14.0. The highest BCUT2D eigenvalue weighted by Gasteiger charge is 2.16. The second-order valence-electron chi connectivity index (χ2n) is 3.83. The summed E-state index contributed by atoms with van der Waals surface area (Å²) in [5, 5.41) is 12.8. The molecule has 0 aliphatic rings. The van der Waals surface area contributed by atoms with E-state index in [2.05, 4.69) is 5.32 Å². The number of nitrogens with one attached hydrogen (secondary N) is 1. The number of thiophene rings is 1. The van der Waals surface area contributed by atoms with Crippen molar-refractivity contribution >= 4 is 27.9 Å². The number of halogens is 1. The van der Waals surface area contributed by atoms with Crippen LogP contribution in [0.1, 0.15) is 15.2 Å². The molecule has 1 aromatic carbocycles. The minimum atomic E-state index is -0.575. The van der Waals surface area contributed by atoms with E-state index in [9.17, 15) is 19.3 Å². The molecule has 1 aromatic heterocycles. The summed E-state index contributed by atoms with van der Waals surface area (Å²) < 4.78 is 13.5. The van der Waals surface area contributed by atoms with Gasteiger partial charge in [-0.25, -0.2) is 4.39 Å². The van der Waals surface area contributed by atoms with Crippen LogP contribution in [0.2, 0.25) is 0 Å². The van der Waals surface area contributed by atoms with Crippen molar-refractivity contribution in [2.45, 2.75) is 6.92 Å². The second-order valence-corrected chi connectivity index (χ2v) is 4.89. The number of nitrogens with zero attached hydrogens (tertiary/aromatic N) is 1. The van der Waals surface area contributed by atoms with Crippen LogP contribution < -0.4 is 5.32 Å². The van der Waals surface area contributed by atoms with Gasteiger partial charge in [-0.05, 0) is 30.7 Å². The predicted molar refractivity (Wildman–Crippen MR) is 70.1 cm³/mol. The van der Waals surface area contributed by atoms with E-state index in [0.717, 1.165) is 16.9 Å². The molecule has 7 heteroatoms. The average Bonchev–Trinajstić information content (AvgIpc) is 2.83. The van der Waals surface area contributed by atoms with Crippen LogP contribution in [-0.4, -0.2) is 10.8 Å². The first-order chi connectivity index (χ1) is 8.97. The fourth-order valence-corrected chi connectivity index (χ4v) is 2.18. The quantitative estimate of drug-likeness (QED) is 0.692. The Balaban J connectivity index is 2.20. The van der Waals surface area contributed by atoms with Crippen molar-refractivity contribution in [3.8, 4) is 0 Å². The van der Waals surface area contributed by atoms with Crippen molar-refractivity contribution in [1.82, 2.24) is 0 Å². The van der Waals surface area contributed by atoms with Gasteiger partial charge < -0.3 is 5.32 Å². The summed E-state index contributed by atoms with van der Waals surface area (Å²) in [5.41, 5.74) is 0.856. The van der Waals surface area contributed by atoms with Gasteiger partial charge in [-0.3, -0.25) is 14.9 Å². The maximum atomic E-state index is 13.5. The molecule has 0 radical (unpaired) electrons. The van der Waals surface area contributed by atoms with E-state index in [1.54, 1.807) is 13.0 Å². The van der Waals surface area contributed by atoms with E-state index in [1.165, 1.54) is 24.3 Å². The first kappa shape index (κ1) is 13.2. The van der Waals surface area contributed by atoms with Gasteiger partial charge in [-0.15, -0.1) is 0 Å². The topological polar surface area (TPSA) is 72.2 Å². The molecule has 5 nitrogen and oxygen atoms in total. The van der Waals surface area contributed by atoms with Crippen molar-refractivity contribution in [1.29, 1.82) is 0 Å². The Bertz CT molecular complexity index is 654. The van der Waals surface area contributed by atoms with E-state index in [-0.39, 0.29) is 15.6 Å². The van der Waals surface area contributed by atoms with Gasteiger partial charge in [0.15, 0.2) is 0 Å². The predicted octanol–water partition coefficient (Wildman–Crippen LogP) is 3.36. The third-order valence-corrected chi connectivity index (χ3v) is 3.40. The van der Waals surface area contributed by atoms with Gasteiger partial charge in [0.05, 0.1) is 15.5 Å². The largest absolute Gasteiger partial charge is 0.324 e. The average molecular weight is 280 g/mol. The number of benzene rings is 1. The molecule has 2 aromatic rings. The molecule has 1 heterocycles. The molecule has 0 aliphatic heterocycles. The molecule has 0 fully saturated rings. The minimum Gasteiger partial charge on any atom is -0.319 e. The Kier molecular flexibility index (Phi) is 3.57. The van der Waals surface area contributed by atoms with Crippen LogP contribution in [0.5, 0.6) is 0 Å². The fraction of sp³-hybridized carbons (Fsp3) is 0.0833. The summed E-state index contributed by atoms with van der Waals surface area (Å²) in [6.07, 6.45) is 0. The number of rotatable bonds is 3. The Hall–Kier alpha value is -2.28. The highest BCUT2D eigenvalue weighted by atomic mass is 32.1. The summed E-state index contributed by atoms with van der Waals surface area (Å²) in [6.45, 7) is 1.77. The van der Waals surface area contributed by atoms with E-state index in [1.807, 2.05) is 0 Å². The Morgan fingerprint density at radius 3 is 2.74 bits per heavy atom. The highest BCUT2D eigenvalue weighted by Crippen LogP contribution is 2.25. The molecular weight excluding hydrogens is 271 g/mol. The van der Waals surface area contributed by atoms with Gasteiger partial charge in [0, 0.05) is 6.07 Å². The van der Waals surface area contributed by atoms with Crippen LogP contribution in [0.4, 0.5) is 15.1 Å². The lowest BCUT2D eigenvalue weighted by molar-refractivity contribution is -0.380. The van der Waals surface area contributed by atoms with Gasteiger partial charge >= 0.3 is 5.00 Å². The zero-order valence-corrected chi connectivity index (χ0v) is 10.7. The van der Waals surface area contributed by atoms with Crippen molar-refractivity contribution < 1.29 is 14.1 Å². The van der Waals surface area contributed by atoms with Crippen LogP contribution in [0.3, 0.4) is 0 Å². The van der Waals surface area contributed by atoms with Crippen LogP contribution in [0.25, 0.3) is 0 Å². The van der Waals surface area contributed by atoms with Gasteiger partial charge in [0.2, 0.25) is 0 Å². The minimum absolute atomic E-state index is 0.0565. The standard InChI is InChI=1S/C12H9FN2O3S/c1-7-2-3-8(13)9(6-7)14-12(16)10-4-5-11(19-10)15(17)18/h2-6H,1H3,(H,14,16). The number of nitro groups is 1. The lowest BCUT2D eigenvalue weighted by atomic mass is 10.2. The summed E-state index contributed by atoms with van der Waals surface area (Å²) >= 11 is 0.745. The molecule has 2 rings (SSSR count). The molecule has 1 amide bonds. The van der Waals surface area contributed by atoms with Crippen LogP contribution in [0, 0.1) is 22.9 Å². The van der Waals surface area contributed by atoms with E-state index in [4.69, 9.17) is 0 Å². The van der Waals surface area contributed by atoms with Crippen molar-refractivity contribution in [2.75, 3.05) is 5.32 Å². The normalized spacial score (nSPS) is 10.2. The monoisotopic (exact) mass is 280 g/mol. The second kappa shape index (κ2) is 5.15. The fourth-order valence-electron chi connectivity index (χ4n) is 1.47. The molecule has 19 heavy (non-hydrogen) atoms. The first-order valence-electron chi connectivity index (χ1n) is 5.29. The van der Waals surface area contributed by atoms with Crippen LogP contribution >= 0.6 is 11.3 Å². The van der Waals surface area contributed by atoms with E-state index < -0.39 is 16.6 Å². The maximum absolute atomic E-state index is 13.5. The number of hydrogen-bond donors (Lipinski definition) is 1. The molecule has 0 saturated carbocycles. The number of anilines is 1. The Morgan fingerprint density at radius 1 is 1.37 bits per heavy atom. The zero-order valence-electron chi connectivity index (χ0n) is 9.84. The molecule has 1 N–H and O–H groups in total. The number of carbonyl (C=O) groups is 1. The summed E-state index contributed by atoms with van der Waals surface area (Å²) in [7, 11) is 0. The number of aryl methyl sites for hydroxylation is 1. The maximum Gasteiger partial charge on any atom is 0.324 e. The summed E-state index contributed by atoms with van der Waals surface area (Å²) in [5.74, 6) is -1.12.